The van der Waals surface area contributed by atoms with E-state index in [2.05, 4.69) is 15.5 Å². The van der Waals surface area contributed by atoms with Gasteiger partial charge in [0, 0.05) is 38.8 Å². The van der Waals surface area contributed by atoms with Crippen LogP contribution in [0.25, 0.3) is 0 Å². The summed E-state index contributed by atoms with van der Waals surface area (Å²) in [5, 5.41) is 10.6. The maximum absolute atomic E-state index is 13.2. The van der Waals surface area contributed by atoms with Crippen molar-refractivity contribution in [2.75, 3.05) is 37.6 Å². The van der Waals surface area contributed by atoms with Crippen LogP contribution >= 0.6 is 0 Å². The van der Waals surface area contributed by atoms with Gasteiger partial charge in [0.15, 0.2) is 5.82 Å². The number of furan rings is 1. The second kappa shape index (κ2) is 9.28. The first-order chi connectivity index (χ1) is 15.7. The van der Waals surface area contributed by atoms with E-state index in [0.29, 0.717) is 31.4 Å². The van der Waals surface area contributed by atoms with Gasteiger partial charge in [-0.1, -0.05) is 12.8 Å². The summed E-state index contributed by atoms with van der Waals surface area (Å²) < 4.78 is 49.3. The molecular weight excluding hydrogens is 443 g/mol. The van der Waals surface area contributed by atoms with Crippen molar-refractivity contribution in [2.45, 2.75) is 32.4 Å². The first kappa shape index (κ1) is 22.9. The molecule has 2 fully saturated rings. The Balaban J connectivity index is 1.29. The number of halogens is 3. The van der Waals surface area contributed by atoms with Crippen molar-refractivity contribution < 1.29 is 31.9 Å². The number of rotatable bonds is 6. The standard InChI is InChI=1S/C21H24F3N5O4/c1-13-12-15(18(32-13)21(22,23)24)19(30)29-10-8-28(9-11-29)16-4-5-17(27-26-16)33-20(31)25-7-6-14-2-3-14/h4-5,12,14H,2-3,6-11H2,1H3,(H,25,31). The highest BCUT2D eigenvalue weighted by Crippen LogP contribution is 2.35. The Hall–Kier alpha value is -3.31. The Bertz CT molecular complexity index is 996. The van der Waals surface area contributed by atoms with Crippen molar-refractivity contribution in [3.63, 3.8) is 0 Å². The fraction of sp³-hybridized carbons (Fsp3) is 0.524. The molecule has 0 unspecified atom stereocenters. The van der Waals surface area contributed by atoms with Crippen molar-refractivity contribution in [1.29, 1.82) is 0 Å². The summed E-state index contributed by atoms with van der Waals surface area (Å²) in [6.07, 6.45) is -1.97. The lowest BCUT2D eigenvalue weighted by Gasteiger charge is -2.35. The van der Waals surface area contributed by atoms with Crippen molar-refractivity contribution >= 4 is 17.8 Å². The van der Waals surface area contributed by atoms with Gasteiger partial charge in [0.2, 0.25) is 11.6 Å². The largest absolute Gasteiger partial charge is 0.456 e. The molecule has 2 aliphatic rings. The number of amides is 2. The SMILES string of the molecule is Cc1cc(C(=O)N2CCN(c3ccc(OC(=O)NCCC4CC4)nn3)CC2)c(C(F)(F)F)o1. The number of aryl methyl sites for hydroxylation is 1. The first-order valence-corrected chi connectivity index (χ1v) is 10.7. The highest BCUT2D eigenvalue weighted by Gasteiger charge is 2.41. The van der Waals surface area contributed by atoms with Gasteiger partial charge in [0.25, 0.3) is 5.91 Å². The second-order valence-electron chi connectivity index (χ2n) is 8.15. The Morgan fingerprint density at radius 2 is 1.91 bits per heavy atom. The number of hydrogen-bond acceptors (Lipinski definition) is 7. The molecule has 2 aromatic heterocycles. The summed E-state index contributed by atoms with van der Waals surface area (Å²) in [5.41, 5.74) is -0.481. The van der Waals surface area contributed by atoms with E-state index in [1.807, 2.05) is 4.90 Å². The molecule has 0 atom stereocenters. The predicted octanol–water partition coefficient (Wildman–Crippen LogP) is 3.25. The minimum atomic E-state index is -4.74. The molecule has 1 saturated heterocycles. The number of hydrogen-bond donors (Lipinski definition) is 1. The van der Waals surface area contributed by atoms with Crippen LogP contribution in [0, 0.1) is 12.8 Å². The number of carbonyl (C=O) groups excluding carboxylic acids is 2. The third kappa shape index (κ3) is 5.74. The topological polar surface area (TPSA) is 101 Å². The monoisotopic (exact) mass is 467 g/mol. The van der Waals surface area contributed by atoms with Gasteiger partial charge in [-0.05, 0) is 31.4 Å². The van der Waals surface area contributed by atoms with Crippen LogP contribution < -0.4 is 15.0 Å². The highest BCUT2D eigenvalue weighted by atomic mass is 19.4. The van der Waals surface area contributed by atoms with Gasteiger partial charge in [-0.3, -0.25) is 4.79 Å². The lowest BCUT2D eigenvalue weighted by Crippen LogP contribution is -2.49. The van der Waals surface area contributed by atoms with Crippen LogP contribution in [0.4, 0.5) is 23.8 Å². The fourth-order valence-corrected chi connectivity index (χ4v) is 3.64. The lowest BCUT2D eigenvalue weighted by molar-refractivity contribution is -0.153. The molecular formula is C21H24F3N5O4. The third-order valence-corrected chi connectivity index (χ3v) is 5.58. The number of nitrogens with zero attached hydrogens (tertiary/aromatic N) is 4. The molecule has 2 aromatic rings. The number of ether oxygens (including phenoxy) is 1. The Morgan fingerprint density at radius 1 is 1.18 bits per heavy atom. The molecule has 4 rings (SSSR count). The zero-order valence-corrected chi connectivity index (χ0v) is 18.0. The quantitative estimate of drug-likeness (QED) is 0.696. The maximum atomic E-state index is 13.2. The molecule has 12 heteroatoms. The first-order valence-electron chi connectivity index (χ1n) is 10.7. The van der Waals surface area contributed by atoms with Crippen LogP contribution in [0.2, 0.25) is 0 Å². The molecule has 178 valence electrons. The zero-order valence-electron chi connectivity index (χ0n) is 18.0. The number of aromatic nitrogens is 2. The lowest BCUT2D eigenvalue weighted by atomic mass is 10.2. The summed E-state index contributed by atoms with van der Waals surface area (Å²) in [4.78, 5) is 27.6. The van der Waals surface area contributed by atoms with Crippen LogP contribution in [0.1, 0.15) is 41.1 Å². The molecule has 1 aliphatic heterocycles. The van der Waals surface area contributed by atoms with E-state index in [1.165, 1.54) is 30.7 Å². The van der Waals surface area contributed by atoms with Crippen LogP contribution in [-0.4, -0.2) is 59.8 Å². The average molecular weight is 467 g/mol. The van der Waals surface area contributed by atoms with E-state index >= 15 is 0 Å². The summed E-state index contributed by atoms with van der Waals surface area (Å²) >= 11 is 0. The van der Waals surface area contributed by atoms with E-state index in [0.717, 1.165) is 12.5 Å². The molecule has 1 aliphatic carbocycles. The average Bonchev–Trinajstić information content (AvgIpc) is 3.51. The van der Waals surface area contributed by atoms with E-state index in [4.69, 9.17) is 9.15 Å². The minimum Gasteiger partial charge on any atom is -0.456 e. The summed E-state index contributed by atoms with van der Waals surface area (Å²) in [5.74, 6) is -0.689. The maximum Gasteiger partial charge on any atom is 0.450 e. The van der Waals surface area contributed by atoms with Crippen LogP contribution in [0.15, 0.2) is 22.6 Å². The van der Waals surface area contributed by atoms with Gasteiger partial charge in [-0.2, -0.15) is 13.2 Å². The number of carbonyl (C=O) groups is 2. The highest BCUT2D eigenvalue weighted by molar-refractivity contribution is 5.95. The minimum absolute atomic E-state index is 0.0264. The number of alkyl halides is 3. The van der Waals surface area contributed by atoms with Gasteiger partial charge < -0.3 is 24.3 Å². The van der Waals surface area contributed by atoms with Crippen LogP contribution in [0.5, 0.6) is 5.88 Å². The molecule has 1 N–H and O–H groups in total. The molecule has 0 radical (unpaired) electrons. The normalized spacial score (nSPS) is 16.6. The predicted molar refractivity (Wildman–Crippen MR) is 110 cm³/mol. The fourth-order valence-electron chi connectivity index (χ4n) is 3.64. The van der Waals surface area contributed by atoms with E-state index in [9.17, 15) is 22.8 Å². The number of nitrogens with one attached hydrogen (secondary N) is 1. The van der Waals surface area contributed by atoms with Gasteiger partial charge in [0.1, 0.15) is 5.76 Å². The summed E-state index contributed by atoms with van der Waals surface area (Å²) in [7, 11) is 0. The molecule has 9 nitrogen and oxygen atoms in total. The van der Waals surface area contributed by atoms with Crippen LogP contribution in [-0.2, 0) is 6.18 Å². The van der Waals surface area contributed by atoms with Gasteiger partial charge >= 0.3 is 12.3 Å². The van der Waals surface area contributed by atoms with E-state index in [-0.39, 0.29) is 24.7 Å². The second-order valence-corrected chi connectivity index (χ2v) is 8.15. The van der Waals surface area contributed by atoms with Gasteiger partial charge in [0.05, 0.1) is 5.56 Å². The zero-order chi connectivity index (χ0) is 23.6. The van der Waals surface area contributed by atoms with Crippen molar-refractivity contribution in [3.05, 3.63) is 35.3 Å². The van der Waals surface area contributed by atoms with E-state index < -0.39 is 29.5 Å². The number of anilines is 1. The van der Waals surface area contributed by atoms with Crippen LogP contribution in [0.3, 0.4) is 0 Å². The molecule has 1 saturated carbocycles. The Labute approximate surface area is 187 Å². The van der Waals surface area contributed by atoms with Gasteiger partial charge in [-0.25, -0.2) is 4.79 Å². The Morgan fingerprint density at radius 3 is 2.52 bits per heavy atom. The molecule has 0 spiro atoms. The Kier molecular flexibility index (Phi) is 6.43. The summed E-state index contributed by atoms with van der Waals surface area (Å²) in [6.45, 7) is 3.07. The van der Waals surface area contributed by atoms with Gasteiger partial charge in [-0.15, -0.1) is 10.2 Å². The van der Waals surface area contributed by atoms with Crippen molar-refractivity contribution in [1.82, 2.24) is 20.4 Å². The number of piperazine rings is 1. The molecule has 3 heterocycles. The van der Waals surface area contributed by atoms with Crippen molar-refractivity contribution in [2.24, 2.45) is 5.92 Å². The summed E-state index contributed by atoms with van der Waals surface area (Å²) in [6, 6.07) is 4.27. The molecule has 0 aromatic carbocycles. The van der Waals surface area contributed by atoms with Crippen molar-refractivity contribution in [3.8, 4) is 5.88 Å². The molecule has 2 amide bonds. The smallest absolute Gasteiger partial charge is 0.450 e. The molecule has 33 heavy (non-hydrogen) atoms. The van der Waals surface area contributed by atoms with E-state index in [1.54, 1.807) is 6.07 Å². The molecule has 0 bridgehead atoms. The third-order valence-electron chi connectivity index (χ3n) is 5.58.